The highest BCUT2D eigenvalue weighted by Gasteiger charge is 2.08. The molecule has 0 saturated heterocycles. The third-order valence-electron chi connectivity index (χ3n) is 3.55. The number of hydrogen-bond donors (Lipinski definition) is 1. The average Bonchev–Trinajstić information content (AvgIpc) is 3.08. The predicted octanol–water partition coefficient (Wildman–Crippen LogP) is 2.89. The molecule has 0 bridgehead atoms. The summed E-state index contributed by atoms with van der Waals surface area (Å²) in [5.74, 6) is 0.122. The fourth-order valence-corrected chi connectivity index (χ4v) is 4.08. The zero-order valence-corrected chi connectivity index (χ0v) is 15.2. The molecule has 1 aromatic carbocycles. The normalized spacial score (nSPS) is 11.5. The second kappa shape index (κ2) is 7.14. The van der Waals surface area contributed by atoms with Crippen LogP contribution in [0.4, 0.5) is 0 Å². The molecule has 1 amide bonds. The number of benzene rings is 1. The summed E-state index contributed by atoms with van der Waals surface area (Å²) in [6.45, 7) is 3.88. The zero-order valence-electron chi connectivity index (χ0n) is 13.6. The van der Waals surface area contributed by atoms with E-state index in [1.165, 1.54) is 11.8 Å². The first-order valence-corrected chi connectivity index (χ1v) is 9.15. The molecule has 0 spiro atoms. The van der Waals surface area contributed by atoms with Crippen LogP contribution in [0.25, 0.3) is 10.2 Å². The van der Waals surface area contributed by atoms with E-state index in [9.17, 15) is 4.79 Å². The van der Waals surface area contributed by atoms with Gasteiger partial charge in [0.05, 0.1) is 27.9 Å². The van der Waals surface area contributed by atoms with Crippen molar-refractivity contribution in [3.63, 3.8) is 0 Å². The smallest absolute Gasteiger partial charge is 0.250 e. The number of para-hydroxylation sites is 1. The highest BCUT2D eigenvalue weighted by atomic mass is 32.2. The van der Waals surface area contributed by atoms with E-state index in [-0.39, 0.29) is 11.7 Å². The molecule has 6 nitrogen and oxygen atoms in total. The first kappa shape index (κ1) is 16.7. The zero-order chi connectivity index (χ0) is 17.1. The molecule has 24 heavy (non-hydrogen) atoms. The lowest BCUT2D eigenvalue weighted by Gasteiger charge is -1.98. The maximum absolute atomic E-state index is 11.9. The molecule has 124 valence electrons. The molecule has 0 atom stereocenters. The quantitative estimate of drug-likeness (QED) is 0.432. The Morgan fingerprint density at radius 2 is 2.21 bits per heavy atom. The SMILES string of the molecule is Cc1nn(C)c(C)c1/C=N/NC(=O)CSc1nc2ccccc2s1. The van der Waals surface area contributed by atoms with Gasteiger partial charge in [-0.15, -0.1) is 11.3 Å². The lowest BCUT2D eigenvalue weighted by Crippen LogP contribution is -2.19. The van der Waals surface area contributed by atoms with Crippen LogP contribution < -0.4 is 5.43 Å². The van der Waals surface area contributed by atoms with Crippen LogP contribution in [-0.2, 0) is 11.8 Å². The lowest BCUT2D eigenvalue weighted by atomic mass is 10.2. The Bertz CT molecular complexity index is 879. The molecule has 8 heteroatoms. The Labute approximate surface area is 148 Å². The van der Waals surface area contributed by atoms with Crippen LogP contribution in [0.15, 0.2) is 33.7 Å². The van der Waals surface area contributed by atoms with E-state index < -0.39 is 0 Å². The Balaban J connectivity index is 1.55. The molecule has 0 unspecified atom stereocenters. The van der Waals surface area contributed by atoms with Gasteiger partial charge >= 0.3 is 0 Å². The number of aryl methyl sites for hydroxylation is 2. The van der Waals surface area contributed by atoms with Crippen molar-refractivity contribution in [1.29, 1.82) is 0 Å². The van der Waals surface area contributed by atoms with Gasteiger partial charge in [0, 0.05) is 18.3 Å². The van der Waals surface area contributed by atoms with Gasteiger partial charge < -0.3 is 0 Å². The minimum Gasteiger partial charge on any atom is -0.272 e. The van der Waals surface area contributed by atoms with E-state index in [2.05, 4.69) is 20.6 Å². The van der Waals surface area contributed by atoms with Crippen LogP contribution in [0.3, 0.4) is 0 Å². The summed E-state index contributed by atoms with van der Waals surface area (Å²) in [5, 5.41) is 8.33. The third-order valence-corrected chi connectivity index (χ3v) is 5.73. The fourth-order valence-electron chi connectivity index (χ4n) is 2.22. The highest BCUT2D eigenvalue weighted by Crippen LogP contribution is 2.28. The summed E-state index contributed by atoms with van der Waals surface area (Å²) < 4.78 is 3.80. The van der Waals surface area contributed by atoms with Crippen LogP contribution in [0.1, 0.15) is 17.0 Å². The molecule has 0 saturated carbocycles. The van der Waals surface area contributed by atoms with E-state index in [1.54, 1.807) is 22.2 Å². The molecular weight excluding hydrogens is 342 g/mol. The predicted molar refractivity (Wildman–Crippen MR) is 98.8 cm³/mol. The van der Waals surface area contributed by atoms with Crippen LogP contribution in [0, 0.1) is 13.8 Å². The van der Waals surface area contributed by atoms with Gasteiger partial charge in [-0.05, 0) is 26.0 Å². The monoisotopic (exact) mass is 359 g/mol. The van der Waals surface area contributed by atoms with Gasteiger partial charge in [0.15, 0.2) is 4.34 Å². The molecule has 3 rings (SSSR count). The molecule has 0 radical (unpaired) electrons. The van der Waals surface area contributed by atoms with Crippen LogP contribution in [-0.4, -0.2) is 32.6 Å². The number of nitrogens with zero attached hydrogens (tertiary/aromatic N) is 4. The van der Waals surface area contributed by atoms with Crippen molar-refractivity contribution in [1.82, 2.24) is 20.2 Å². The molecule has 1 N–H and O–H groups in total. The molecule has 0 aliphatic carbocycles. The number of hydrogen-bond acceptors (Lipinski definition) is 6. The van der Waals surface area contributed by atoms with E-state index in [1.807, 2.05) is 45.2 Å². The van der Waals surface area contributed by atoms with Gasteiger partial charge in [0.2, 0.25) is 0 Å². The number of hydrazone groups is 1. The standard InChI is InChI=1S/C16H17N5OS2/c1-10-12(11(2)21(3)20-10)8-17-19-15(22)9-23-16-18-13-6-4-5-7-14(13)24-16/h4-8H,9H2,1-3H3,(H,19,22)/b17-8+. The van der Waals surface area contributed by atoms with Gasteiger partial charge in [0.1, 0.15) is 0 Å². The number of thiazole rings is 1. The molecule has 0 fully saturated rings. The number of amides is 1. The summed E-state index contributed by atoms with van der Waals surface area (Å²) >= 11 is 3.00. The van der Waals surface area contributed by atoms with Crippen molar-refractivity contribution in [2.24, 2.45) is 12.1 Å². The first-order valence-electron chi connectivity index (χ1n) is 7.35. The average molecular weight is 359 g/mol. The largest absolute Gasteiger partial charge is 0.272 e. The number of carbonyl (C=O) groups excluding carboxylic acids is 1. The lowest BCUT2D eigenvalue weighted by molar-refractivity contribution is -0.118. The summed E-state index contributed by atoms with van der Waals surface area (Å²) in [6, 6.07) is 7.94. The van der Waals surface area contributed by atoms with Gasteiger partial charge in [-0.1, -0.05) is 23.9 Å². The second-order valence-electron chi connectivity index (χ2n) is 5.24. The molecule has 0 aliphatic heterocycles. The minimum atomic E-state index is -0.158. The number of thioether (sulfide) groups is 1. The number of fused-ring (bicyclic) bond motifs is 1. The Hall–Kier alpha value is -2.19. The molecule has 3 aromatic rings. The van der Waals surface area contributed by atoms with Gasteiger partial charge in [-0.25, -0.2) is 10.4 Å². The summed E-state index contributed by atoms with van der Waals surface area (Å²) in [7, 11) is 1.88. The fraction of sp³-hybridized carbons (Fsp3) is 0.250. The molecule has 2 heterocycles. The van der Waals surface area contributed by atoms with Crippen molar-refractivity contribution in [3.8, 4) is 0 Å². The maximum atomic E-state index is 11.9. The third kappa shape index (κ3) is 3.65. The van der Waals surface area contributed by atoms with Gasteiger partial charge in [-0.3, -0.25) is 9.48 Å². The van der Waals surface area contributed by atoms with Crippen molar-refractivity contribution in [3.05, 3.63) is 41.2 Å². The topological polar surface area (TPSA) is 72.2 Å². The van der Waals surface area contributed by atoms with E-state index >= 15 is 0 Å². The van der Waals surface area contributed by atoms with Crippen LogP contribution in [0.5, 0.6) is 0 Å². The van der Waals surface area contributed by atoms with Crippen molar-refractivity contribution in [2.45, 2.75) is 18.2 Å². The van der Waals surface area contributed by atoms with Crippen molar-refractivity contribution < 1.29 is 4.79 Å². The Morgan fingerprint density at radius 1 is 1.42 bits per heavy atom. The highest BCUT2D eigenvalue weighted by molar-refractivity contribution is 8.01. The molecule has 2 aromatic heterocycles. The number of nitrogens with one attached hydrogen (secondary N) is 1. The first-order chi connectivity index (χ1) is 11.5. The molecule has 0 aliphatic rings. The minimum absolute atomic E-state index is 0.158. The maximum Gasteiger partial charge on any atom is 0.250 e. The summed E-state index contributed by atoms with van der Waals surface area (Å²) in [4.78, 5) is 16.4. The second-order valence-corrected chi connectivity index (χ2v) is 7.49. The van der Waals surface area contributed by atoms with E-state index in [0.717, 1.165) is 31.5 Å². The molecular formula is C16H17N5OS2. The Morgan fingerprint density at radius 3 is 2.92 bits per heavy atom. The summed E-state index contributed by atoms with van der Waals surface area (Å²) in [6.07, 6.45) is 1.64. The van der Waals surface area contributed by atoms with Crippen LogP contribution in [0.2, 0.25) is 0 Å². The number of aromatic nitrogens is 3. The summed E-state index contributed by atoms with van der Waals surface area (Å²) in [5.41, 5.74) is 6.33. The van der Waals surface area contributed by atoms with Gasteiger partial charge in [-0.2, -0.15) is 10.2 Å². The van der Waals surface area contributed by atoms with Crippen molar-refractivity contribution in [2.75, 3.05) is 5.75 Å². The number of rotatable bonds is 5. The van der Waals surface area contributed by atoms with E-state index in [0.29, 0.717) is 0 Å². The Kier molecular flexibility index (Phi) is 4.96. The van der Waals surface area contributed by atoms with E-state index in [4.69, 9.17) is 0 Å². The number of carbonyl (C=O) groups is 1. The van der Waals surface area contributed by atoms with Crippen LogP contribution >= 0.6 is 23.1 Å². The van der Waals surface area contributed by atoms with Crippen molar-refractivity contribution >= 4 is 45.4 Å². The van der Waals surface area contributed by atoms with Gasteiger partial charge in [0.25, 0.3) is 5.91 Å².